The van der Waals surface area contributed by atoms with Crippen LogP contribution in [0.1, 0.15) is 40.1 Å². The van der Waals surface area contributed by atoms with Crippen LogP contribution in [0.4, 0.5) is 5.69 Å². The maximum absolute atomic E-state index is 12.1. The van der Waals surface area contributed by atoms with Crippen molar-refractivity contribution in [2.75, 3.05) is 19.0 Å². The molecule has 1 N–H and O–H groups in total. The molecule has 0 saturated heterocycles. The van der Waals surface area contributed by atoms with Gasteiger partial charge in [0.05, 0.1) is 13.5 Å². The molecule has 0 aliphatic rings. The van der Waals surface area contributed by atoms with Crippen LogP contribution in [-0.2, 0) is 20.7 Å². The van der Waals surface area contributed by atoms with Crippen LogP contribution in [0.25, 0.3) is 0 Å². The third kappa shape index (κ3) is 5.77. The highest BCUT2D eigenvalue weighted by Crippen LogP contribution is 2.21. The van der Waals surface area contributed by atoms with Gasteiger partial charge in [-0.3, -0.25) is 19.2 Å². The summed E-state index contributed by atoms with van der Waals surface area (Å²) < 4.78 is 10.2. The minimum Gasteiger partial charge on any atom is -0.496 e. The molecule has 0 radical (unpaired) electrons. The normalized spacial score (nSPS) is 10.1. The first-order valence-electron chi connectivity index (χ1n) is 8.54. The van der Waals surface area contributed by atoms with Crippen LogP contribution in [0.15, 0.2) is 42.5 Å². The fraction of sp³-hybridized carbons (Fsp3) is 0.238. The van der Waals surface area contributed by atoms with E-state index in [9.17, 15) is 19.2 Å². The summed E-state index contributed by atoms with van der Waals surface area (Å²) in [6.07, 6.45) is -0.141. The molecule has 0 aromatic heterocycles. The number of ketones is 2. The molecule has 0 fully saturated rings. The molecule has 0 aliphatic carbocycles. The largest absolute Gasteiger partial charge is 0.496 e. The number of hydrogen-bond donors (Lipinski definition) is 1. The Labute approximate surface area is 162 Å². The van der Waals surface area contributed by atoms with E-state index in [1.54, 1.807) is 42.5 Å². The fourth-order valence-corrected chi connectivity index (χ4v) is 2.50. The quantitative estimate of drug-likeness (QED) is 0.556. The molecule has 7 heteroatoms. The minimum atomic E-state index is -0.633. The number of nitrogens with one attached hydrogen (secondary N) is 1. The van der Waals surface area contributed by atoms with E-state index >= 15 is 0 Å². The van der Waals surface area contributed by atoms with Gasteiger partial charge in [-0.2, -0.15) is 0 Å². The number of carbonyl (C=O) groups excluding carboxylic acids is 4. The van der Waals surface area contributed by atoms with Crippen LogP contribution < -0.4 is 10.1 Å². The Morgan fingerprint density at radius 3 is 2.25 bits per heavy atom. The lowest BCUT2D eigenvalue weighted by atomic mass is 10.0. The number of esters is 1. The predicted octanol–water partition coefficient (Wildman–Crippen LogP) is 2.82. The molecule has 146 valence electrons. The summed E-state index contributed by atoms with van der Waals surface area (Å²) >= 11 is 0. The molecular weight excluding hydrogens is 362 g/mol. The van der Waals surface area contributed by atoms with Gasteiger partial charge < -0.3 is 14.8 Å². The number of hydrogen-bond acceptors (Lipinski definition) is 6. The summed E-state index contributed by atoms with van der Waals surface area (Å²) in [7, 11) is 1.46. The van der Waals surface area contributed by atoms with Crippen molar-refractivity contribution >= 4 is 29.1 Å². The molecule has 28 heavy (non-hydrogen) atoms. The molecule has 2 aromatic rings. The van der Waals surface area contributed by atoms with Crippen molar-refractivity contribution in [3.8, 4) is 5.75 Å². The first-order valence-corrected chi connectivity index (χ1v) is 8.54. The van der Waals surface area contributed by atoms with Gasteiger partial charge in [0, 0.05) is 22.4 Å². The average Bonchev–Trinajstić information content (AvgIpc) is 2.66. The summed E-state index contributed by atoms with van der Waals surface area (Å²) in [6, 6.07) is 11.2. The molecule has 0 aliphatic heterocycles. The summed E-state index contributed by atoms with van der Waals surface area (Å²) in [5.41, 5.74) is 1.85. The number of Topliss-reactive ketones (excluding diaryl/α,β-unsaturated/α-hetero) is 2. The summed E-state index contributed by atoms with van der Waals surface area (Å²) in [4.78, 5) is 46.9. The molecule has 0 bridgehead atoms. The molecule has 0 unspecified atom stereocenters. The number of ether oxygens (including phenoxy) is 2. The highest BCUT2D eigenvalue weighted by atomic mass is 16.5. The van der Waals surface area contributed by atoms with Gasteiger partial charge in [-0.1, -0.05) is 12.1 Å². The topological polar surface area (TPSA) is 98.8 Å². The monoisotopic (exact) mass is 383 g/mol. The highest BCUT2D eigenvalue weighted by Gasteiger charge is 2.14. The second kappa shape index (κ2) is 9.45. The van der Waals surface area contributed by atoms with Crippen molar-refractivity contribution in [3.63, 3.8) is 0 Å². The van der Waals surface area contributed by atoms with Crippen molar-refractivity contribution < 1.29 is 28.7 Å². The Bertz CT molecular complexity index is 919. The average molecular weight is 383 g/mol. The molecule has 0 atom stereocenters. The number of methoxy groups -OCH3 is 1. The number of rotatable bonds is 8. The first-order chi connectivity index (χ1) is 13.3. The van der Waals surface area contributed by atoms with E-state index < -0.39 is 18.5 Å². The number of benzene rings is 2. The van der Waals surface area contributed by atoms with E-state index in [1.807, 2.05) is 0 Å². The van der Waals surface area contributed by atoms with Crippen molar-refractivity contribution in [1.82, 2.24) is 0 Å². The van der Waals surface area contributed by atoms with Crippen LogP contribution in [0.2, 0.25) is 0 Å². The summed E-state index contributed by atoms with van der Waals surface area (Å²) in [5.74, 6) is -0.966. The lowest BCUT2D eigenvalue weighted by molar-refractivity contribution is -0.146. The Morgan fingerprint density at radius 1 is 0.929 bits per heavy atom. The van der Waals surface area contributed by atoms with Crippen LogP contribution in [0.3, 0.4) is 0 Å². The van der Waals surface area contributed by atoms with Gasteiger partial charge in [0.15, 0.2) is 18.2 Å². The zero-order valence-corrected chi connectivity index (χ0v) is 15.9. The maximum Gasteiger partial charge on any atom is 0.310 e. The van der Waals surface area contributed by atoms with Crippen molar-refractivity contribution in [2.45, 2.75) is 20.3 Å². The van der Waals surface area contributed by atoms with Crippen LogP contribution >= 0.6 is 0 Å². The van der Waals surface area contributed by atoms with E-state index in [2.05, 4.69) is 5.32 Å². The molecule has 1 amide bonds. The third-order valence-electron chi connectivity index (χ3n) is 3.94. The Morgan fingerprint density at radius 2 is 1.61 bits per heavy atom. The molecule has 0 heterocycles. The molecule has 0 spiro atoms. The Balaban J connectivity index is 1.94. The smallest absolute Gasteiger partial charge is 0.310 e. The van der Waals surface area contributed by atoms with E-state index in [0.29, 0.717) is 28.1 Å². The third-order valence-corrected chi connectivity index (χ3v) is 3.94. The highest BCUT2D eigenvalue weighted by molar-refractivity contribution is 5.98. The van der Waals surface area contributed by atoms with Crippen molar-refractivity contribution in [1.29, 1.82) is 0 Å². The standard InChI is InChI=1S/C21H21NO6/c1-13(23)15-5-4-6-18(10-15)22-20(25)12-28-21(26)11-17-9-16(14(2)24)7-8-19(17)27-3/h4-10H,11-12H2,1-3H3,(H,22,25). The molecule has 0 saturated carbocycles. The maximum atomic E-state index is 12.1. The molecule has 2 aromatic carbocycles. The lowest BCUT2D eigenvalue weighted by Crippen LogP contribution is -2.22. The second-order valence-electron chi connectivity index (χ2n) is 6.11. The van der Waals surface area contributed by atoms with Gasteiger partial charge in [-0.15, -0.1) is 0 Å². The van der Waals surface area contributed by atoms with Crippen LogP contribution in [-0.4, -0.2) is 37.2 Å². The van der Waals surface area contributed by atoms with Gasteiger partial charge in [-0.05, 0) is 44.2 Å². The zero-order valence-electron chi connectivity index (χ0n) is 15.9. The van der Waals surface area contributed by atoms with Crippen molar-refractivity contribution in [2.24, 2.45) is 0 Å². The minimum absolute atomic E-state index is 0.121. The van der Waals surface area contributed by atoms with E-state index in [0.717, 1.165) is 0 Å². The van der Waals surface area contributed by atoms with Crippen LogP contribution in [0.5, 0.6) is 5.75 Å². The van der Waals surface area contributed by atoms with Gasteiger partial charge in [0.25, 0.3) is 5.91 Å². The van der Waals surface area contributed by atoms with E-state index in [4.69, 9.17) is 9.47 Å². The van der Waals surface area contributed by atoms with Gasteiger partial charge >= 0.3 is 5.97 Å². The molecule has 2 rings (SSSR count). The second-order valence-corrected chi connectivity index (χ2v) is 6.11. The number of amides is 1. The Hall–Kier alpha value is -3.48. The first kappa shape index (κ1) is 20.8. The molecule has 7 nitrogen and oxygen atoms in total. The summed E-state index contributed by atoms with van der Waals surface area (Å²) in [6.45, 7) is 2.38. The fourth-order valence-electron chi connectivity index (χ4n) is 2.50. The lowest BCUT2D eigenvalue weighted by Gasteiger charge is -2.10. The summed E-state index contributed by atoms with van der Waals surface area (Å²) in [5, 5.41) is 2.57. The van der Waals surface area contributed by atoms with E-state index in [-0.39, 0.29) is 18.0 Å². The predicted molar refractivity (Wildman–Crippen MR) is 103 cm³/mol. The number of anilines is 1. The van der Waals surface area contributed by atoms with Crippen LogP contribution in [0, 0.1) is 0 Å². The number of carbonyl (C=O) groups is 4. The molecular formula is C21H21NO6. The van der Waals surface area contributed by atoms with E-state index in [1.165, 1.54) is 21.0 Å². The van der Waals surface area contributed by atoms with Gasteiger partial charge in [0.1, 0.15) is 5.75 Å². The van der Waals surface area contributed by atoms with Gasteiger partial charge in [-0.25, -0.2) is 0 Å². The van der Waals surface area contributed by atoms with Crippen molar-refractivity contribution in [3.05, 3.63) is 59.2 Å². The Kier molecular flexibility index (Phi) is 7.03. The zero-order chi connectivity index (χ0) is 20.7. The van der Waals surface area contributed by atoms with Gasteiger partial charge in [0.2, 0.25) is 0 Å². The SMILES string of the molecule is COc1ccc(C(C)=O)cc1CC(=O)OCC(=O)Nc1cccc(C(C)=O)c1.